The Morgan fingerprint density at radius 2 is 1.84 bits per heavy atom. The summed E-state index contributed by atoms with van der Waals surface area (Å²) in [5.41, 5.74) is 1.79. The highest BCUT2D eigenvalue weighted by Crippen LogP contribution is 2.48. The van der Waals surface area contributed by atoms with Gasteiger partial charge in [0, 0.05) is 17.4 Å². The summed E-state index contributed by atoms with van der Waals surface area (Å²) in [6, 6.07) is 8.03. The molecule has 19 heavy (non-hydrogen) atoms. The van der Waals surface area contributed by atoms with Crippen molar-refractivity contribution >= 4 is 5.78 Å². The first-order valence-electron chi connectivity index (χ1n) is 7.12. The van der Waals surface area contributed by atoms with Crippen molar-refractivity contribution in [2.24, 2.45) is 11.8 Å². The van der Waals surface area contributed by atoms with E-state index < -0.39 is 0 Å². The molecule has 3 rings (SSSR count). The van der Waals surface area contributed by atoms with Crippen molar-refractivity contribution in [3.8, 4) is 0 Å². The number of fused-ring (bicyclic) bond motifs is 1. The maximum Gasteiger partial charge on any atom is 0.166 e. The van der Waals surface area contributed by atoms with Gasteiger partial charge in [0.25, 0.3) is 0 Å². The molecule has 1 heterocycles. The number of hydrogen-bond donors (Lipinski definition) is 0. The molecule has 1 aliphatic carbocycles. The van der Waals surface area contributed by atoms with Gasteiger partial charge in [0.15, 0.2) is 5.78 Å². The topological polar surface area (TPSA) is 26.3 Å². The molecule has 2 nitrogen and oxygen atoms in total. The molecule has 0 amide bonds. The first-order valence-corrected chi connectivity index (χ1v) is 7.12. The highest BCUT2D eigenvalue weighted by molar-refractivity contribution is 6.02. The molecule has 0 aromatic heterocycles. The highest BCUT2D eigenvalue weighted by atomic mass is 16.5. The molecule has 0 bridgehead atoms. The lowest BCUT2D eigenvalue weighted by atomic mass is 9.76. The van der Waals surface area contributed by atoms with E-state index in [9.17, 15) is 4.79 Å². The van der Waals surface area contributed by atoms with Crippen LogP contribution in [0.4, 0.5) is 0 Å². The Hall–Kier alpha value is -1.15. The van der Waals surface area contributed by atoms with Gasteiger partial charge in [0.05, 0.1) is 11.2 Å². The molecule has 1 saturated heterocycles. The number of ketones is 1. The Labute approximate surface area is 115 Å². The molecule has 1 aromatic rings. The van der Waals surface area contributed by atoms with Crippen LogP contribution in [0.2, 0.25) is 0 Å². The molecule has 0 N–H and O–H groups in total. The van der Waals surface area contributed by atoms with E-state index in [-0.39, 0.29) is 17.1 Å². The summed E-state index contributed by atoms with van der Waals surface area (Å²) in [6.07, 6.45) is 1.84. The van der Waals surface area contributed by atoms with E-state index in [1.165, 1.54) is 5.56 Å². The predicted molar refractivity (Wildman–Crippen MR) is 75.3 cm³/mol. The second-order valence-electron chi connectivity index (χ2n) is 7.11. The van der Waals surface area contributed by atoms with E-state index in [4.69, 9.17) is 4.74 Å². The van der Waals surface area contributed by atoms with Crippen LogP contribution in [0.25, 0.3) is 0 Å². The van der Waals surface area contributed by atoms with Crippen LogP contribution in [0.5, 0.6) is 0 Å². The summed E-state index contributed by atoms with van der Waals surface area (Å²) < 4.78 is 6.16. The highest BCUT2D eigenvalue weighted by Gasteiger charge is 2.52. The molecule has 1 aromatic carbocycles. The molecule has 2 heteroatoms. The van der Waals surface area contributed by atoms with Gasteiger partial charge in [0.2, 0.25) is 0 Å². The quantitative estimate of drug-likeness (QED) is 0.768. The number of Topliss-reactive ketones (excluding diaryl/α,β-unsaturated/α-hetero) is 1. The number of hydrogen-bond acceptors (Lipinski definition) is 2. The van der Waals surface area contributed by atoms with Gasteiger partial charge in [-0.15, -0.1) is 0 Å². The maximum absolute atomic E-state index is 12.6. The zero-order valence-electron chi connectivity index (χ0n) is 12.2. The summed E-state index contributed by atoms with van der Waals surface area (Å²) in [5.74, 6) is 0.714. The lowest BCUT2D eigenvalue weighted by Gasteiger charge is -2.30. The van der Waals surface area contributed by atoms with E-state index in [0.29, 0.717) is 11.7 Å². The summed E-state index contributed by atoms with van der Waals surface area (Å²) in [7, 11) is 0. The van der Waals surface area contributed by atoms with E-state index in [0.717, 1.165) is 18.4 Å². The Balaban J connectivity index is 1.92. The van der Waals surface area contributed by atoms with Gasteiger partial charge in [-0.1, -0.05) is 24.3 Å². The molecular formula is C17H22O2. The minimum atomic E-state index is -0.216. The van der Waals surface area contributed by atoms with Gasteiger partial charge in [-0.05, 0) is 46.1 Å². The summed E-state index contributed by atoms with van der Waals surface area (Å²) >= 11 is 0. The number of ether oxygens (including phenoxy) is 1. The normalized spacial score (nSPS) is 31.5. The van der Waals surface area contributed by atoms with Gasteiger partial charge in [-0.2, -0.15) is 0 Å². The van der Waals surface area contributed by atoms with Crippen molar-refractivity contribution in [3.63, 3.8) is 0 Å². The first kappa shape index (κ1) is 12.9. The third-order valence-corrected chi connectivity index (χ3v) is 4.69. The third kappa shape index (κ3) is 2.02. The molecule has 2 unspecified atom stereocenters. The summed E-state index contributed by atoms with van der Waals surface area (Å²) in [6.45, 7) is 8.51. The van der Waals surface area contributed by atoms with Gasteiger partial charge < -0.3 is 4.74 Å². The van der Waals surface area contributed by atoms with Crippen LogP contribution in [0.15, 0.2) is 24.3 Å². The number of carbonyl (C=O) groups is 1. The van der Waals surface area contributed by atoms with E-state index in [2.05, 4.69) is 33.8 Å². The van der Waals surface area contributed by atoms with Crippen LogP contribution in [0.1, 0.15) is 50.0 Å². The van der Waals surface area contributed by atoms with Crippen molar-refractivity contribution in [1.29, 1.82) is 0 Å². The Morgan fingerprint density at radius 3 is 2.42 bits per heavy atom. The van der Waals surface area contributed by atoms with E-state index in [1.807, 2.05) is 18.2 Å². The van der Waals surface area contributed by atoms with Crippen LogP contribution in [-0.4, -0.2) is 17.0 Å². The standard InChI is InChI=1S/C17H22O2/c1-16(2)10-14(17(3,4)19-16)13-9-11-7-5-6-8-12(11)15(13)18/h5-8,13-14H,9-10H2,1-4H3. The number of benzene rings is 1. The number of carbonyl (C=O) groups excluding carboxylic acids is 1. The molecule has 0 saturated carbocycles. The Bertz CT molecular complexity index is 528. The Morgan fingerprint density at radius 1 is 1.16 bits per heavy atom. The number of rotatable bonds is 1. The van der Waals surface area contributed by atoms with Crippen molar-refractivity contribution in [3.05, 3.63) is 35.4 Å². The van der Waals surface area contributed by atoms with Crippen molar-refractivity contribution < 1.29 is 9.53 Å². The molecule has 2 atom stereocenters. The first-order chi connectivity index (χ1) is 8.80. The van der Waals surface area contributed by atoms with E-state index in [1.54, 1.807) is 0 Å². The SMILES string of the molecule is CC1(C)CC(C2Cc3ccccc3C2=O)C(C)(C)O1. The average molecular weight is 258 g/mol. The van der Waals surface area contributed by atoms with Crippen molar-refractivity contribution in [2.45, 2.75) is 51.7 Å². The smallest absolute Gasteiger partial charge is 0.166 e. The summed E-state index contributed by atoms with van der Waals surface area (Å²) in [5, 5.41) is 0. The predicted octanol–water partition coefficient (Wildman–Crippen LogP) is 3.64. The Kier molecular flexibility index (Phi) is 2.66. The fraction of sp³-hybridized carbons (Fsp3) is 0.588. The van der Waals surface area contributed by atoms with Gasteiger partial charge in [-0.25, -0.2) is 0 Å². The molecule has 2 aliphatic rings. The summed E-state index contributed by atoms with van der Waals surface area (Å²) in [4.78, 5) is 12.6. The monoisotopic (exact) mass is 258 g/mol. The van der Waals surface area contributed by atoms with Gasteiger partial charge >= 0.3 is 0 Å². The van der Waals surface area contributed by atoms with Gasteiger partial charge in [0.1, 0.15) is 0 Å². The molecule has 1 fully saturated rings. The lowest BCUT2D eigenvalue weighted by Crippen LogP contribution is -2.35. The van der Waals surface area contributed by atoms with Gasteiger partial charge in [-0.3, -0.25) is 4.79 Å². The minimum Gasteiger partial charge on any atom is -0.369 e. The lowest BCUT2D eigenvalue weighted by molar-refractivity contribution is -0.0783. The van der Waals surface area contributed by atoms with Crippen LogP contribution in [-0.2, 0) is 11.2 Å². The zero-order chi connectivity index (χ0) is 13.8. The van der Waals surface area contributed by atoms with Crippen molar-refractivity contribution in [1.82, 2.24) is 0 Å². The maximum atomic E-state index is 12.6. The van der Waals surface area contributed by atoms with Crippen molar-refractivity contribution in [2.75, 3.05) is 0 Å². The molecule has 0 spiro atoms. The molecule has 102 valence electrons. The molecular weight excluding hydrogens is 236 g/mol. The largest absolute Gasteiger partial charge is 0.369 e. The fourth-order valence-corrected chi connectivity index (χ4v) is 4.02. The zero-order valence-corrected chi connectivity index (χ0v) is 12.2. The molecule has 1 aliphatic heterocycles. The average Bonchev–Trinajstić information content (AvgIpc) is 2.73. The van der Waals surface area contributed by atoms with Crippen LogP contribution < -0.4 is 0 Å². The molecule has 0 radical (unpaired) electrons. The second kappa shape index (κ2) is 3.92. The second-order valence-corrected chi connectivity index (χ2v) is 7.11. The van der Waals surface area contributed by atoms with Crippen LogP contribution >= 0.6 is 0 Å². The van der Waals surface area contributed by atoms with Crippen LogP contribution in [0.3, 0.4) is 0 Å². The third-order valence-electron chi connectivity index (χ3n) is 4.69. The minimum absolute atomic E-state index is 0.0918. The van der Waals surface area contributed by atoms with Crippen LogP contribution in [0, 0.1) is 11.8 Å². The van der Waals surface area contributed by atoms with E-state index >= 15 is 0 Å². The fourth-order valence-electron chi connectivity index (χ4n) is 4.02.